The Morgan fingerprint density at radius 3 is 2.06 bits per heavy atom. The van der Waals surface area contributed by atoms with Gasteiger partial charge in [-0.1, -0.05) is 99.5 Å². The average molecular weight is 441 g/mol. The molecular formula is C30H36N2O. The number of rotatable bonds is 10. The standard InChI is InChI=1S/C30H36N2O/c1-3-22(4-2)29(31)19-20-32(30(33)28-21-27(28)25-13-9-6-10-14-25)26-17-15-24(16-18-26)23-11-7-5-8-12-23/h5-18,22,27-29H,3-4,19-21,31H2,1-2H3/t27-,28+,29?/m0/s1. The van der Waals surface area contributed by atoms with Gasteiger partial charge in [-0.25, -0.2) is 0 Å². The van der Waals surface area contributed by atoms with Gasteiger partial charge in [0.2, 0.25) is 5.91 Å². The molecule has 0 saturated heterocycles. The van der Waals surface area contributed by atoms with Crippen molar-refractivity contribution in [1.82, 2.24) is 0 Å². The number of amides is 1. The lowest BCUT2D eigenvalue weighted by molar-refractivity contribution is -0.119. The van der Waals surface area contributed by atoms with E-state index < -0.39 is 0 Å². The molecule has 0 heterocycles. The number of hydrogen-bond acceptors (Lipinski definition) is 2. The third kappa shape index (κ3) is 5.54. The van der Waals surface area contributed by atoms with Crippen molar-refractivity contribution in [2.75, 3.05) is 11.4 Å². The molecule has 172 valence electrons. The Balaban J connectivity index is 1.53. The van der Waals surface area contributed by atoms with Crippen LogP contribution in [0.4, 0.5) is 5.69 Å². The first-order chi connectivity index (χ1) is 16.1. The Morgan fingerprint density at radius 1 is 0.879 bits per heavy atom. The zero-order valence-corrected chi connectivity index (χ0v) is 19.9. The van der Waals surface area contributed by atoms with Gasteiger partial charge in [0, 0.05) is 24.2 Å². The summed E-state index contributed by atoms with van der Waals surface area (Å²) in [6.45, 7) is 5.07. The first-order valence-electron chi connectivity index (χ1n) is 12.4. The van der Waals surface area contributed by atoms with Crippen molar-refractivity contribution in [2.45, 2.75) is 51.5 Å². The van der Waals surface area contributed by atoms with Crippen molar-refractivity contribution >= 4 is 11.6 Å². The minimum atomic E-state index is 0.0607. The summed E-state index contributed by atoms with van der Waals surface area (Å²) in [5.41, 5.74) is 11.1. The highest BCUT2D eigenvalue weighted by molar-refractivity contribution is 5.97. The molecule has 2 N–H and O–H groups in total. The van der Waals surface area contributed by atoms with Gasteiger partial charge in [0.1, 0.15) is 0 Å². The molecule has 1 aliphatic carbocycles. The van der Waals surface area contributed by atoms with Gasteiger partial charge in [0.05, 0.1) is 0 Å². The van der Waals surface area contributed by atoms with Crippen LogP contribution < -0.4 is 10.6 Å². The van der Waals surface area contributed by atoms with Gasteiger partial charge in [-0.15, -0.1) is 0 Å². The smallest absolute Gasteiger partial charge is 0.230 e. The molecule has 33 heavy (non-hydrogen) atoms. The molecule has 0 spiro atoms. The maximum Gasteiger partial charge on any atom is 0.230 e. The average Bonchev–Trinajstić information content (AvgIpc) is 3.67. The monoisotopic (exact) mass is 440 g/mol. The number of hydrogen-bond donors (Lipinski definition) is 1. The predicted molar refractivity (Wildman–Crippen MR) is 138 cm³/mol. The Hall–Kier alpha value is -2.91. The maximum atomic E-state index is 13.7. The second-order valence-electron chi connectivity index (χ2n) is 9.29. The fourth-order valence-corrected chi connectivity index (χ4v) is 4.98. The molecular weight excluding hydrogens is 404 g/mol. The molecule has 0 bridgehead atoms. The highest BCUT2D eigenvalue weighted by Crippen LogP contribution is 2.48. The second kappa shape index (κ2) is 10.8. The molecule has 3 atom stereocenters. The van der Waals surface area contributed by atoms with Crippen molar-refractivity contribution in [1.29, 1.82) is 0 Å². The molecule has 0 aliphatic heterocycles. The summed E-state index contributed by atoms with van der Waals surface area (Å²) in [5, 5.41) is 0. The highest BCUT2D eigenvalue weighted by atomic mass is 16.2. The van der Waals surface area contributed by atoms with E-state index in [0.29, 0.717) is 18.4 Å². The maximum absolute atomic E-state index is 13.7. The lowest BCUT2D eigenvalue weighted by Crippen LogP contribution is -2.39. The summed E-state index contributed by atoms with van der Waals surface area (Å²) in [6, 6.07) is 29.3. The molecule has 1 aliphatic rings. The van der Waals surface area contributed by atoms with E-state index in [1.807, 2.05) is 17.0 Å². The van der Waals surface area contributed by atoms with Gasteiger partial charge in [-0.2, -0.15) is 0 Å². The number of benzene rings is 3. The fraction of sp³-hybridized carbons (Fsp3) is 0.367. The number of anilines is 1. The Bertz CT molecular complexity index is 1010. The van der Waals surface area contributed by atoms with Crippen molar-refractivity contribution < 1.29 is 4.79 Å². The summed E-state index contributed by atoms with van der Waals surface area (Å²) in [5.74, 6) is 1.12. The van der Waals surface area contributed by atoms with E-state index in [1.54, 1.807) is 0 Å². The van der Waals surface area contributed by atoms with Crippen LogP contribution in [0.15, 0.2) is 84.9 Å². The van der Waals surface area contributed by atoms with E-state index >= 15 is 0 Å². The minimum Gasteiger partial charge on any atom is -0.327 e. The zero-order valence-electron chi connectivity index (χ0n) is 19.9. The number of carbonyl (C=O) groups excluding carboxylic acids is 1. The third-order valence-electron chi connectivity index (χ3n) is 7.23. The topological polar surface area (TPSA) is 46.3 Å². The third-order valence-corrected chi connectivity index (χ3v) is 7.23. The van der Waals surface area contributed by atoms with E-state index in [4.69, 9.17) is 5.73 Å². The molecule has 3 heteroatoms. The number of carbonyl (C=O) groups is 1. The lowest BCUT2D eigenvalue weighted by Gasteiger charge is -2.27. The second-order valence-corrected chi connectivity index (χ2v) is 9.29. The largest absolute Gasteiger partial charge is 0.327 e. The van der Waals surface area contributed by atoms with Gasteiger partial charge in [0.15, 0.2) is 0 Å². The van der Waals surface area contributed by atoms with Crippen LogP contribution >= 0.6 is 0 Å². The predicted octanol–water partition coefficient (Wildman–Crippen LogP) is 6.64. The molecule has 0 aromatic heterocycles. The minimum absolute atomic E-state index is 0.0607. The molecule has 1 unspecified atom stereocenters. The summed E-state index contributed by atoms with van der Waals surface area (Å²) >= 11 is 0. The van der Waals surface area contributed by atoms with E-state index in [9.17, 15) is 4.79 Å². The van der Waals surface area contributed by atoms with E-state index in [-0.39, 0.29) is 17.9 Å². The Labute approximate surface area is 198 Å². The van der Waals surface area contributed by atoms with Gasteiger partial charge >= 0.3 is 0 Å². The fourth-order valence-electron chi connectivity index (χ4n) is 4.98. The molecule has 4 rings (SSSR count). The van der Waals surface area contributed by atoms with Crippen LogP contribution in [-0.4, -0.2) is 18.5 Å². The van der Waals surface area contributed by atoms with Crippen LogP contribution in [0.2, 0.25) is 0 Å². The zero-order chi connectivity index (χ0) is 23.2. The Morgan fingerprint density at radius 2 is 1.45 bits per heavy atom. The van der Waals surface area contributed by atoms with Gasteiger partial charge in [-0.05, 0) is 53.5 Å². The molecule has 0 radical (unpaired) electrons. The van der Waals surface area contributed by atoms with Crippen molar-refractivity contribution in [2.24, 2.45) is 17.6 Å². The summed E-state index contributed by atoms with van der Waals surface area (Å²) < 4.78 is 0. The summed E-state index contributed by atoms with van der Waals surface area (Å²) in [7, 11) is 0. The van der Waals surface area contributed by atoms with Gasteiger partial charge in [0.25, 0.3) is 0 Å². The summed E-state index contributed by atoms with van der Waals surface area (Å²) in [4.78, 5) is 15.6. The van der Waals surface area contributed by atoms with Crippen LogP contribution in [0.3, 0.4) is 0 Å². The first kappa shape index (κ1) is 23.3. The molecule has 3 aromatic rings. The SMILES string of the molecule is CCC(CC)C(N)CCN(C(=O)[C@@H]1C[C@H]1c1ccccc1)c1ccc(-c2ccccc2)cc1. The first-order valence-corrected chi connectivity index (χ1v) is 12.4. The van der Waals surface area contributed by atoms with Crippen molar-refractivity contribution in [3.63, 3.8) is 0 Å². The van der Waals surface area contributed by atoms with Gasteiger partial charge in [-0.3, -0.25) is 4.79 Å². The quantitative estimate of drug-likeness (QED) is 0.384. The van der Waals surface area contributed by atoms with Crippen LogP contribution in [0, 0.1) is 11.8 Å². The van der Waals surface area contributed by atoms with E-state index in [0.717, 1.165) is 36.9 Å². The van der Waals surface area contributed by atoms with Crippen LogP contribution in [-0.2, 0) is 4.79 Å². The molecule has 1 fully saturated rings. The van der Waals surface area contributed by atoms with Crippen LogP contribution in [0.1, 0.15) is 51.0 Å². The number of nitrogens with zero attached hydrogens (tertiary/aromatic N) is 1. The summed E-state index contributed by atoms with van der Waals surface area (Å²) in [6.07, 6.45) is 3.91. The van der Waals surface area contributed by atoms with E-state index in [1.165, 1.54) is 11.1 Å². The van der Waals surface area contributed by atoms with Crippen LogP contribution in [0.25, 0.3) is 11.1 Å². The highest BCUT2D eigenvalue weighted by Gasteiger charge is 2.46. The molecule has 1 amide bonds. The van der Waals surface area contributed by atoms with Crippen molar-refractivity contribution in [3.05, 3.63) is 90.5 Å². The Kier molecular flexibility index (Phi) is 7.61. The molecule has 3 nitrogen and oxygen atoms in total. The molecule has 3 aromatic carbocycles. The normalized spacial score (nSPS) is 18.2. The van der Waals surface area contributed by atoms with Gasteiger partial charge < -0.3 is 10.6 Å². The van der Waals surface area contributed by atoms with Crippen LogP contribution in [0.5, 0.6) is 0 Å². The lowest BCUT2D eigenvalue weighted by atomic mass is 9.92. The van der Waals surface area contributed by atoms with Crippen molar-refractivity contribution in [3.8, 4) is 11.1 Å². The molecule has 1 saturated carbocycles. The number of nitrogens with two attached hydrogens (primary N) is 1. The van der Waals surface area contributed by atoms with E-state index in [2.05, 4.69) is 86.6 Å².